The minimum atomic E-state index is -4.20. The molecule has 0 unspecified atom stereocenters. The van der Waals surface area contributed by atoms with Gasteiger partial charge in [0, 0.05) is 6.61 Å². The zero-order valence-corrected chi connectivity index (χ0v) is 8.42. The lowest BCUT2D eigenvalue weighted by molar-refractivity contribution is -0.161. The normalized spacial score (nSPS) is 13.9. The van der Waals surface area contributed by atoms with E-state index < -0.39 is 18.7 Å². The number of benzene rings is 1. The molecule has 15 heavy (non-hydrogen) atoms. The van der Waals surface area contributed by atoms with Crippen LogP contribution in [0, 0.1) is 0 Å². The van der Waals surface area contributed by atoms with Crippen LogP contribution in [-0.4, -0.2) is 12.8 Å². The summed E-state index contributed by atoms with van der Waals surface area (Å²) in [5.41, 5.74) is 0.566. The Hall–Kier alpha value is -1.03. The summed E-state index contributed by atoms with van der Waals surface area (Å²) in [6.45, 7) is 1.96. The fraction of sp³-hybridized carbons (Fsp3) is 0.455. The average molecular weight is 218 g/mol. The molecule has 1 rings (SSSR count). The van der Waals surface area contributed by atoms with Gasteiger partial charge in [0.25, 0.3) is 0 Å². The van der Waals surface area contributed by atoms with E-state index in [1.54, 1.807) is 37.3 Å². The molecule has 4 heteroatoms. The highest BCUT2D eigenvalue weighted by atomic mass is 19.4. The van der Waals surface area contributed by atoms with Gasteiger partial charge in [-0.3, -0.25) is 0 Å². The SMILES string of the molecule is CCO[C@@H](CC(F)(F)F)c1ccccc1. The first kappa shape index (κ1) is 12.0. The Morgan fingerprint density at radius 3 is 2.27 bits per heavy atom. The van der Waals surface area contributed by atoms with Crippen molar-refractivity contribution in [3.63, 3.8) is 0 Å². The maximum atomic E-state index is 12.2. The van der Waals surface area contributed by atoms with Crippen LogP contribution in [0.25, 0.3) is 0 Å². The highest BCUT2D eigenvalue weighted by Gasteiger charge is 2.32. The summed E-state index contributed by atoms with van der Waals surface area (Å²) in [5.74, 6) is 0. The van der Waals surface area contributed by atoms with Gasteiger partial charge < -0.3 is 4.74 Å². The van der Waals surface area contributed by atoms with Crippen LogP contribution >= 0.6 is 0 Å². The van der Waals surface area contributed by atoms with Crippen LogP contribution in [0.1, 0.15) is 25.0 Å². The lowest BCUT2D eigenvalue weighted by Crippen LogP contribution is -2.16. The highest BCUT2D eigenvalue weighted by Crippen LogP contribution is 2.31. The lowest BCUT2D eigenvalue weighted by Gasteiger charge is -2.18. The fourth-order valence-electron chi connectivity index (χ4n) is 1.35. The monoisotopic (exact) mass is 218 g/mol. The second-order valence-corrected chi connectivity index (χ2v) is 3.17. The minimum absolute atomic E-state index is 0.273. The van der Waals surface area contributed by atoms with Crippen LogP contribution < -0.4 is 0 Å². The molecule has 0 saturated carbocycles. The molecular formula is C11H13F3O. The maximum Gasteiger partial charge on any atom is 0.391 e. The molecule has 0 aliphatic carbocycles. The summed E-state index contributed by atoms with van der Waals surface area (Å²) < 4.78 is 41.8. The van der Waals surface area contributed by atoms with Gasteiger partial charge in [0.05, 0.1) is 12.5 Å². The molecule has 0 fully saturated rings. The van der Waals surface area contributed by atoms with Crippen LogP contribution in [0.4, 0.5) is 13.2 Å². The molecule has 0 spiro atoms. The first-order valence-corrected chi connectivity index (χ1v) is 4.76. The Labute approximate surface area is 86.9 Å². The van der Waals surface area contributed by atoms with Crippen molar-refractivity contribution < 1.29 is 17.9 Å². The molecule has 1 aromatic rings. The van der Waals surface area contributed by atoms with E-state index in [1.807, 2.05) is 0 Å². The van der Waals surface area contributed by atoms with Gasteiger partial charge in [-0.1, -0.05) is 30.3 Å². The second-order valence-electron chi connectivity index (χ2n) is 3.17. The molecule has 0 heterocycles. The van der Waals surface area contributed by atoms with E-state index in [2.05, 4.69) is 0 Å². The van der Waals surface area contributed by atoms with Crippen molar-refractivity contribution in [3.05, 3.63) is 35.9 Å². The summed E-state index contributed by atoms with van der Waals surface area (Å²) in [6.07, 6.45) is -6.03. The van der Waals surface area contributed by atoms with Crippen molar-refractivity contribution in [2.24, 2.45) is 0 Å². The number of hydrogen-bond acceptors (Lipinski definition) is 1. The second kappa shape index (κ2) is 5.16. The van der Waals surface area contributed by atoms with Crippen LogP contribution in [-0.2, 0) is 4.74 Å². The maximum absolute atomic E-state index is 12.2. The molecule has 0 aromatic heterocycles. The Balaban J connectivity index is 2.75. The van der Waals surface area contributed by atoms with E-state index in [-0.39, 0.29) is 6.61 Å². The summed E-state index contributed by atoms with van der Waals surface area (Å²) >= 11 is 0. The summed E-state index contributed by atoms with van der Waals surface area (Å²) in [6, 6.07) is 8.47. The average Bonchev–Trinajstić information content (AvgIpc) is 2.17. The first-order valence-electron chi connectivity index (χ1n) is 4.76. The molecule has 0 saturated heterocycles. The Bertz CT molecular complexity index is 282. The van der Waals surface area contributed by atoms with Crippen molar-refractivity contribution in [3.8, 4) is 0 Å². The van der Waals surface area contributed by atoms with Gasteiger partial charge in [0.1, 0.15) is 0 Å². The Kier molecular flexibility index (Phi) is 4.15. The molecular weight excluding hydrogens is 205 g/mol. The molecule has 0 radical (unpaired) electrons. The van der Waals surface area contributed by atoms with Crippen molar-refractivity contribution in [1.29, 1.82) is 0 Å². The Morgan fingerprint density at radius 2 is 1.80 bits per heavy atom. The summed E-state index contributed by atoms with van der Waals surface area (Å²) in [4.78, 5) is 0. The third-order valence-corrected chi connectivity index (χ3v) is 1.96. The van der Waals surface area contributed by atoms with Crippen molar-refractivity contribution in [2.45, 2.75) is 25.6 Å². The van der Waals surface area contributed by atoms with Crippen molar-refractivity contribution in [1.82, 2.24) is 0 Å². The van der Waals surface area contributed by atoms with Gasteiger partial charge in [0.2, 0.25) is 0 Å². The molecule has 0 bridgehead atoms. The number of rotatable bonds is 4. The van der Waals surface area contributed by atoms with Gasteiger partial charge in [-0.15, -0.1) is 0 Å². The van der Waals surface area contributed by atoms with Gasteiger partial charge >= 0.3 is 6.18 Å². The zero-order valence-electron chi connectivity index (χ0n) is 8.42. The van der Waals surface area contributed by atoms with Crippen molar-refractivity contribution in [2.75, 3.05) is 6.61 Å². The molecule has 1 nitrogen and oxygen atoms in total. The molecule has 1 atom stereocenters. The number of hydrogen-bond donors (Lipinski definition) is 0. The topological polar surface area (TPSA) is 9.23 Å². The molecule has 84 valence electrons. The molecule has 1 aromatic carbocycles. The van der Waals surface area contributed by atoms with E-state index in [1.165, 1.54) is 0 Å². The largest absolute Gasteiger partial charge is 0.391 e. The summed E-state index contributed by atoms with van der Waals surface area (Å²) in [7, 11) is 0. The van der Waals surface area contributed by atoms with Crippen molar-refractivity contribution >= 4 is 0 Å². The minimum Gasteiger partial charge on any atom is -0.373 e. The first-order chi connectivity index (χ1) is 7.03. The third-order valence-electron chi connectivity index (χ3n) is 1.96. The number of halogens is 3. The smallest absolute Gasteiger partial charge is 0.373 e. The van der Waals surface area contributed by atoms with E-state index >= 15 is 0 Å². The highest BCUT2D eigenvalue weighted by molar-refractivity contribution is 5.17. The number of ether oxygens (including phenoxy) is 1. The zero-order chi connectivity index (χ0) is 11.3. The van der Waals surface area contributed by atoms with E-state index in [0.29, 0.717) is 5.56 Å². The molecule has 0 aliphatic heterocycles. The van der Waals surface area contributed by atoms with Crippen LogP contribution in [0.2, 0.25) is 0 Å². The van der Waals surface area contributed by atoms with E-state index in [0.717, 1.165) is 0 Å². The van der Waals surface area contributed by atoms with Gasteiger partial charge in [0.15, 0.2) is 0 Å². The van der Waals surface area contributed by atoms with E-state index in [9.17, 15) is 13.2 Å². The van der Waals surface area contributed by atoms with Gasteiger partial charge in [-0.2, -0.15) is 13.2 Å². The molecule has 0 N–H and O–H groups in total. The third kappa shape index (κ3) is 4.34. The quantitative estimate of drug-likeness (QED) is 0.748. The fourth-order valence-corrected chi connectivity index (χ4v) is 1.35. The predicted octanol–water partition coefficient (Wildman–Crippen LogP) is 3.72. The van der Waals surface area contributed by atoms with Gasteiger partial charge in [-0.25, -0.2) is 0 Å². The van der Waals surface area contributed by atoms with Crippen LogP contribution in [0.5, 0.6) is 0 Å². The van der Waals surface area contributed by atoms with Crippen LogP contribution in [0.15, 0.2) is 30.3 Å². The molecule has 0 aliphatic rings. The van der Waals surface area contributed by atoms with E-state index in [4.69, 9.17) is 4.74 Å². The van der Waals surface area contributed by atoms with Crippen LogP contribution in [0.3, 0.4) is 0 Å². The Morgan fingerprint density at radius 1 is 1.20 bits per heavy atom. The van der Waals surface area contributed by atoms with Gasteiger partial charge in [-0.05, 0) is 12.5 Å². The standard InChI is InChI=1S/C11H13F3O/c1-2-15-10(8-11(12,13)14)9-6-4-3-5-7-9/h3-7,10H,2,8H2,1H3/t10-/m0/s1. The number of alkyl halides is 3. The lowest BCUT2D eigenvalue weighted by atomic mass is 10.1. The predicted molar refractivity (Wildman–Crippen MR) is 51.5 cm³/mol. The molecule has 0 amide bonds. The summed E-state index contributed by atoms with van der Waals surface area (Å²) in [5, 5.41) is 0.